The highest BCUT2D eigenvalue weighted by atomic mass is 19.3. The molecule has 0 bridgehead atoms. The number of pyridine rings is 1. The lowest BCUT2D eigenvalue weighted by molar-refractivity contribution is 0.152. The molecule has 0 saturated carbocycles. The van der Waals surface area contributed by atoms with E-state index in [9.17, 15) is 8.78 Å². The lowest BCUT2D eigenvalue weighted by Gasteiger charge is -2.09. The number of halogens is 2. The van der Waals surface area contributed by atoms with E-state index in [2.05, 4.69) is 4.98 Å². The molecule has 1 rings (SSSR count). The van der Waals surface area contributed by atoms with Crippen molar-refractivity contribution in [2.45, 2.75) is 19.9 Å². The van der Waals surface area contributed by atoms with E-state index in [1.165, 1.54) is 6.07 Å². The summed E-state index contributed by atoms with van der Waals surface area (Å²) in [5.74, 6) is 0. The first-order chi connectivity index (χ1) is 6.06. The molecule has 4 N–H and O–H groups in total. The van der Waals surface area contributed by atoms with Crippen molar-refractivity contribution in [1.29, 1.82) is 0 Å². The fourth-order valence-corrected chi connectivity index (χ4v) is 1.11. The molecule has 0 unspecified atom stereocenters. The minimum absolute atomic E-state index is 0.00287. The SMILES string of the molecule is Cc1cc(C(F)F)c(N)c(CN)n1. The van der Waals surface area contributed by atoms with E-state index in [1.54, 1.807) is 6.92 Å². The quantitative estimate of drug-likeness (QED) is 0.734. The van der Waals surface area contributed by atoms with Gasteiger partial charge in [-0.05, 0) is 13.0 Å². The topological polar surface area (TPSA) is 64.9 Å². The van der Waals surface area contributed by atoms with Crippen molar-refractivity contribution < 1.29 is 8.78 Å². The molecule has 0 radical (unpaired) electrons. The standard InChI is InChI=1S/C8H11F2N3/c1-4-2-5(8(9)10)7(12)6(3-11)13-4/h2,8H,3,11-12H2,1H3. The van der Waals surface area contributed by atoms with Crippen molar-refractivity contribution in [2.75, 3.05) is 5.73 Å². The predicted molar refractivity (Wildman–Crippen MR) is 46.2 cm³/mol. The van der Waals surface area contributed by atoms with E-state index in [0.29, 0.717) is 11.4 Å². The third kappa shape index (κ3) is 1.92. The fourth-order valence-electron chi connectivity index (χ4n) is 1.11. The zero-order valence-electron chi connectivity index (χ0n) is 7.22. The Morgan fingerprint density at radius 1 is 1.54 bits per heavy atom. The lowest BCUT2D eigenvalue weighted by atomic mass is 10.1. The maximum atomic E-state index is 12.4. The zero-order valence-corrected chi connectivity index (χ0v) is 7.22. The number of anilines is 1. The second-order valence-electron chi connectivity index (χ2n) is 2.72. The Hall–Kier alpha value is -1.23. The summed E-state index contributed by atoms with van der Waals surface area (Å²) < 4.78 is 24.8. The largest absolute Gasteiger partial charge is 0.397 e. The van der Waals surface area contributed by atoms with E-state index < -0.39 is 6.43 Å². The zero-order chi connectivity index (χ0) is 10.0. The third-order valence-corrected chi connectivity index (χ3v) is 1.73. The second-order valence-corrected chi connectivity index (χ2v) is 2.72. The van der Waals surface area contributed by atoms with Gasteiger partial charge in [-0.25, -0.2) is 8.78 Å². The van der Waals surface area contributed by atoms with Crippen LogP contribution < -0.4 is 11.5 Å². The molecule has 0 aliphatic rings. The molecule has 0 aromatic carbocycles. The number of aromatic nitrogens is 1. The molecule has 3 nitrogen and oxygen atoms in total. The normalized spacial score (nSPS) is 10.8. The van der Waals surface area contributed by atoms with Crippen molar-refractivity contribution in [3.05, 3.63) is 23.0 Å². The predicted octanol–water partition coefficient (Wildman–Crippen LogP) is 1.37. The average molecular weight is 187 g/mol. The van der Waals surface area contributed by atoms with Crippen LogP contribution in [0.3, 0.4) is 0 Å². The molecule has 5 heteroatoms. The lowest BCUT2D eigenvalue weighted by Crippen LogP contribution is -2.08. The molecule has 72 valence electrons. The van der Waals surface area contributed by atoms with Crippen LogP contribution in [-0.2, 0) is 6.54 Å². The molecule has 13 heavy (non-hydrogen) atoms. The summed E-state index contributed by atoms with van der Waals surface area (Å²) in [4.78, 5) is 3.95. The van der Waals surface area contributed by atoms with Gasteiger partial charge >= 0.3 is 0 Å². The summed E-state index contributed by atoms with van der Waals surface area (Å²) in [5, 5.41) is 0. The fraction of sp³-hybridized carbons (Fsp3) is 0.375. The van der Waals surface area contributed by atoms with Crippen LogP contribution in [0.1, 0.15) is 23.4 Å². The third-order valence-electron chi connectivity index (χ3n) is 1.73. The second kappa shape index (κ2) is 3.66. The number of nitrogens with two attached hydrogens (primary N) is 2. The Kier molecular flexibility index (Phi) is 2.77. The van der Waals surface area contributed by atoms with Gasteiger partial charge in [-0.2, -0.15) is 0 Å². The van der Waals surface area contributed by atoms with Gasteiger partial charge in [-0.3, -0.25) is 4.98 Å². The molecular weight excluding hydrogens is 176 g/mol. The number of alkyl halides is 2. The molecule has 1 heterocycles. The van der Waals surface area contributed by atoms with Gasteiger partial charge in [0.05, 0.1) is 11.4 Å². The van der Waals surface area contributed by atoms with Gasteiger partial charge in [-0.1, -0.05) is 0 Å². The van der Waals surface area contributed by atoms with Crippen LogP contribution in [0.4, 0.5) is 14.5 Å². The molecule has 1 aromatic heterocycles. The Balaban J connectivity index is 3.27. The van der Waals surface area contributed by atoms with Crippen molar-refractivity contribution in [3.8, 4) is 0 Å². The number of nitrogen functional groups attached to an aromatic ring is 1. The smallest absolute Gasteiger partial charge is 0.265 e. The summed E-state index contributed by atoms with van der Waals surface area (Å²) in [6, 6.07) is 1.28. The van der Waals surface area contributed by atoms with Crippen LogP contribution in [0.25, 0.3) is 0 Å². The summed E-state index contributed by atoms with van der Waals surface area (Å²) in [6.45, 7) is 1.71. The average Bonchev–Trinajstić information content (AvgIpc) is 2.08. The Bertz CT molecular complexity index is 313. The number of aryl methyl sites for hydroxylation is 1. The molecule has 0 aliphatic heterocycles. The Labute approximate surface area is 74.8 Å². The van der Waals surface area contributed by atoms with Crippen LogP contribution in [-0.4, -0.2) is 4.98 Å². The molecule has 0 atom stereocenters. The summed E-state index contributed by atoms with van der Waals surface area (Å²) in [7, 11) is 0. The highest BCUT2D eigenvalue weighted by molar-refractivity contribution is 5.52. The summed E-state index contributed by atoms with van der Waals surface area (Å²) in [6.07, 6.45) is -2.58. The van der Waals surface area contributed by atoms with Crippen molar-refractivity contribution >= 4 is 5.69 Å². The number of hydrogen-bond donors (Lipinski definition) is 2. The van der Waals surface area contributed by atoms with Crippen LogP contribution >= 0.6 is 0 Å². The van der Waals surface area contributed by atoms with Gasteiger partial charge in [-0.15, -0.1) is 0 Å². The Morgan fingerprint density at radius 3 is 2.62 bits per heavy atom. The van der Waals surface area contributed by atoms with Gasteiger partial charge in [0, 0.05) is 17.8 Å². The van der Waals surface area contributed by atoms with Crippen LogP contribution in [0.15, 0.2) is 6.07 Å². The van der Waals surface area contributed by atoms with E-state index in [1.807, 2.05) is 0 Å². The molecule has 0 amide bonds. The van der Waals surface area contributed by atoms with Crippen LogP contribution in [0.5, 0.6) is 0 Å². The molecular formula is C8H11F2N3. The van der Waals surface area contributed by atoms with Gasteiger partial charge < -0.3 is 11.5 Å². The van der Waals surface area contributed by atoms with Gasteiger partial charge in [0.15, 0.2) is 0 Å². The van der Waals surface area contributed by atoms with Crippen molar-refractivity contribution in [1.82, 2.24) is 4.98 Å². The first kappa shape index (κ1) is 9.85. The minimum atomic E-state index is -2.58. The van der Waals surface area contributed by atoms with Crippen molar-refractivity contribution in [2.24, 2.45) is 5.73 Å². The molecule has 0 aliphatic carbocycles. The monoisotopic (exact) mass is 187 g/mol. The molecule has 1 aromatic rings. The summed E-state index contributed by atoms with van der Waals surface area (Å²) >= 11 is 0. The van der Waals surface area contributed by atoms with E-state index >= 15 is 0 Å². The van der Waals surface area contributed by atoms with E-state index in [0.717, 1.165) is 0 Å². The van der Waals surface area contributed by atoms with Crippen molar-refractivity contribution in [3.63, 3.8) is 0 Å². The molecule has 0 fully saturated rings. The molecule has 0 saturated heterocycles. The van der Waals surface area contributed by atoms with Gasteiger partial charge in [0.1, 0.15) is 0 Å². The highest BCUT2D eigenvalue weighted by Crippen LogP contribution is 2.27. The van der Waals surface area contributed by atoms with Gasteiger partial charge in [0.2, 0.25) is 0 Å². The first-order valence-electron chi connectivity index (χ1n) is 3.80. The van der Waals surface area contributed by atoms with E-state index in [-0.39, 0.29) is 17.8 Å². The number of nitrogens with zero attached hydrogens (tertiary/aromatic N) is 1. The molecule has 0 spiro atoms. The minimum Gasteiger partial charge on any atom is -0.397 e. The van der Waals surface area contributed by atoms with E-state index in [4.69, 9.17) is 11.5 Å². The van der Waals surface area contributed by atoms with Gasteiger partial charge in [0.25, 0.3) is 6.43 Å². The number of hydrogen-bond acceptors (Lipinski definition) is 3. The number of rotatable bonds is 2. The first-order valence-corrected chi connectivity index (χ1v) is 3.80. The summed E-state index contributed by atoms with van der Waals surface area (Å²) in [5.41, 5.74) is 11.4. The maximum Gasteiger partial charge on any atom is 0.265 e. The maximum absolute atomic E-state index is 12.4. The Morgan fingerprint density at radius 2 is 2.15 bits per heavy atom. The van der Waals surface area contributed by atoms with Crippen LogP contribution in [0.2, 0.25) is 0 Å². The van der Waals surface area contributed by atoms with Crippen LogP contribution in [0, 0.1) is 6.92 Å². The highest BCUT2D eigenvalue weighted by Gasteiger charge is 2.15.